The lowest BCUT2D eigenvalue weighted by Crippen LogP contribution is -2.44. The van der Waals surface area contributed by atoms with Crippen LogP contribution in [0.2, 0.25) is 0 Å². The van der Waals surface area contributed by atoms with Gasteiger partial charge in [-0.3, -0.25) is 14.6 Å². The van der Waals surface area contributed by atoms with Crippen LogP contribution in [0.5, 0.6) is 0 Å². The second-order valence-corrected chi connectivity index (χ2v) is 5.46. The molecule has 2 unspecified atom stereocenters. The summed E-state index contributed by atoms with van der Waals surface area (Å²) in [4.78, 5) is 16.8. The smallest absolute Gasteiger partial charge is 0.323 e. The zero-order valence-corrected chi connectivity index (χ0v) is 11.9. The van der Waals surface area contributed by atoms with Crippen molar-refractivity contribution in [2.45, 2.75) is 45.2 Å². The topological polar surface area (TPSA) is 32.8 Å². The van der Waals surface area contributed by atoms with Crippen molar-refractivity contribution in [3.05, 3.63) is 0 Å². The van der Waals surface area contributed by atoms with Gasteiger partial charge in [0.05, 0.1) is 7.11 Å². The van der Waals surface area contributed by atoms with E-state index >= 15 is 0 Å². The number of rotatable bonds is 6. The van der Waals surface area contributed by atoms with E-state index in [2.05, 4.69) is 23.6 Å². The van der Waals surface area contributed by atoms with Crippen LogP contribution in [0.15, 0.2) is 0 Å². The Morgan fingerprint density at radius 3 is 2.50 bits per heavy atom. The highest BCUT2D eigenvalue weighted by atomic mass is 16.5. The zero-order valence-electron chi connectivity index (χ0n) is 11.9. The first-order valence-corrected chi connectivity index (χ1v) is 7.27. The summed E-state index contributed by atoms with van der Waals surface area (Å²) in [5.41, 5.74) is 0. The predicted molar refractivity (Wildman–Crippen MR) is 71.4 cm³/mol. The Morgan fingerprint density at radius 1 is 1.33 bits per heavy atom. The highest BCUT2D eigenvalue weighted by molar-refractivity contribution is 5.76. The van der Waals surface area contributed by atoms with Crippen molar-refractivity contribution in [3.8, 4) is 0 Å². The molecule has 0 radical (unpaired) electrons. The largest absolute Gasteiger partial charge is 0.468 e. The molecule has 0 bridgehead atoms. The lowest BCUT2D eigenvalue weighted by Gasteiger charge is -2.29. The first-order valence-electron chi connectivity index (χ1n) is 7.27. The number of hydrogen-bond donors (Lipinski definition) is 0. The van der Waals surface area contributed by atoms with E-state index in [1.807, 2.05) is 0 Å². The number of hydrogen-bond acceptors (Lipinski definition) is 4. The summed E-state index contributed by atoms with van der Waals surface area (Å²) in [6.07, 6.45) is 3.56. The van der Waals surface area contributed by atoms with Gasteiger partial charge in [-0.1, -0.05) is 13.8 Å². The van der Waals surface area contributed by atoms with Gasteiger partial charge >= 0.3 is 5.97 Å². The Kier molecular flexibility index (Phi) is 4.62. The van der Waals surface area contributed by atoms with Crippen LogP contribution in [0.1, 0.15) is 33.1 Å². The molecule has 1 heterocycles. The van der Waals surface area contributed by atoms with Crippen LogP contribution < -0.4 is 0 Å². The van der Waals surface area contributed by atoms with E-state index in [9.17, 15) is 4.79 Å². The Labute approximate surface area is 110 Å². The molecule has 2 rings (SSSR count). The van der Waals surface area contributed by atoms with Crippen LogP contribution in [0.3, 0.4) is 0 Å². The van der Waals surface area contributed by atoms with Gasteiger partial charge < -0.3 is 4.74 Å². The molecule has 2 fully saturated rings. The van der Waals surface area contributed by atoms with Gasteiger partial charge in [-0.25, -0.2) is 0 Å². The molecule has 104 valence electrons. The van der Waals surface area contributed by atoms with Crippen molar-refractivity contribution < 1.29 is 9.53 Å². The van der Waals surface area contributed by atoms with Crippen LogP contribution in [0, 0.1) is 5.92 Å². The third kappa shape index (κ3) is 2.86. The molecule has 1 saturated heterocycles. The van der Waals surface area contributed by atoms with Gasteiger partial charge in [0.1, 0.15) is 6.04 Å². The fourth-order valence-corrected chi connectivity index (χ4v) is 3.23. The lowest BCUT2D eigenvalue weighted by atomic mass is 10.1. The average molecular weight is 254 g/mol. The minimum atomic E-state index is -0.0299. The summed E-state index contributed by atoms with van der Waals surface area (Å²) in [5, 5.41) is 0. The van der Waals surface area contributed by atoms with Gasteiger partial charge in [-0.05, 0) is 38.3 Å². The minimum Gasteiger partial charge on any atom is -0.468 e. The van der Waals surface area contributed by atoms with Gasteiger partial charge in [0.2, 0.25) is 0 Å². The molecule has 0 N–H and O–H groups in total. The number of likely N-dealkylation sites (tertiary alicyclic amines) is 1. The summed E-state index contributed by atoms with van der Waals surface area (Å²) in [6, 6.07) is 0.640. The van der Waals surface area contributed by atoms with Crippen molar-refractivity contribution >= 4 is 5.97 Å². The maximum Gasteiger partial charge on any atom is 0.323 e. The van der Waals surface area contributed by atoms with Gasteiger partial charge in [-0.15, -0.1) is 0 Å². The zero-order chi connectivity index (χ0) is 13.1. The molecular formula is C14H26N2O2. The Balaban J connectivity index is 1.95. The predicted octanol–water partition coefficient (Wildman–Crippen LogP) is 1.35. The molecule has 4 heteroatoms. The van der Waals surface area contributed by atoms with E-state index < -0.39 is 0 Å². The third-order valence-electron chi connectivity index (χ3n) is 4.43. The SMILES string of the molecule is CCN(CC)C1CCN(C(C(=O)OC)C2CC2)C1. The first-order chi connectivity index (χ1) is 8.71. The van der Waals surface area contributed by atoms with Gasteiger partial charge in [0.15, 0.2) is 0 Å². The normalized spacial score (nSPS) is 26.6. The quantitative estimate of drug-likeness (QED) is 0.670. The number of carbonyl (C=O) groups is 1. The van der Waals surface area contributed by atoms with Crippen LogP contribution in [0.25, 0.3) is 0 Å². The number of carbonyl (C=O) groups excluding carboxylic acids is 1. The van der Waals surface area contributed by atoms with E-state index in [1.165, 1.54) is 26.4 Å². The van der Waals surface area contributed by atoms with Gasteiger partial charge in [0.25, 0.3) is 0 Å². The third-order valence-corrected chi connectivity index (χ3v) is 4.43. The second kappa shape index (κ2) is 6.02. The highest BCUT2D eigenvalue weighted by Gasteiger charge is 2.43. The van der Waals surface area contributed by atoms with E-state index in [0.29, 0.717) is 12.0 Å². The molecule has 0 aromatic heterocycles. The van der Waals surface area contributed by atoms with Crippen LogP contribution in [-0.4, -0.2) is 61.1 Å². The molecule has 1 aliphatic carbocycles. The summed E-state index contributed by atoms with van der Waals surface area (Å²) in [7, 11) is 1.51. The number of esters is 1. The molecule has 0 aromatic carbocycles. The van der Waals surface area contributed by atoms with Crippen molar-refractivity contribution in [1.29, 1.82) is 0 Å². The molecule has 1 aliphatic heterocycles. The Bertz CT molecular complexity index is 288. The van der Waals surface area contributed by atoms with E-state index in [1.54, 1.807) is 0 Å². The molecule has 4 nitrogen and oxygen atoms in total. The van der Waals surface area contributed by atoms with Crippen molar-refractivity contribution in [3.63, 3.8) is 0 Å². The van der Waals surface area contributed by atoms with Crippen molar-refractivity contribution in [2.75, 3.05) is 33.3 Å². The fraction of sp³-hybridized carbons (Fsp3) is 0.929. The standard InChI is InChI=1S/C14H26N2O2/c1-4-15(5-2)12-8-9-16(10-12)13(11-6-7-11)14(17)18-3/h11-13H,4-10H2,1-3H3. The van der Waals surface area contributed by atoms with E-state index in [4.69, 9.17) is 4.74 Å². The number of ether oxygens (including phenoxy) is 1. The molecule has 0 amide bonds. The van der Waals surface area contributed by atoms with Crippen LogP contribution in [-0.2, 0) is 9.53 Å². The monoisotopic (exact) mass is 254 g/mol. The number of methoxy groups -OCH3 is 1. The maximum atomic E-state index is 11.9. The summed E-state index contributed by atoms with van der Waals surface area (Å²) < 4.78 is 4.98. The van der Waals surface area contributed by atoms with E-state index in [-0.39, 0.29) is 12.0 Å². The summed E-state index contributed by atoms with van der Waals surface area (Å²) in [5.74, 6) is 0.519. The molecule has 18 heavy (non-hydrogen) atoms. The van der Waals surface area contributed by atoms with Crippen molar-refractivity contribution in [1.82, 2.24) is 9.80 Å². The van der Waals surface area contributed by atoms with E-state index in [0.717, 1.165) is 26.2 Å². The first kappa shape index (κ1) is 13.8. The van der Waals surface area contributed by atoms with Crippen molar-refractivity contribution in [2.24, 2.45) is 5.92 Å². The second-order valence-electron chi connectivity index (χ2n) is 5.46. The van der Waals surface area contributed by atoms with Crippen LogP contribution >= 0.6 is 0 Å². The van der Waals surface area contributed by atoms with Crippen LogP contribution in [0.4, 0.5) is 0 Å². The average Bonchev–Trinajstić information content (AvgIpc) is 3.10. The maximum absolute atomic E-state index is 11.9. The molecule has 2 atom stereocenters. The van der Waals surface area contributed by atoms with Gasteiger partial charge in [0, 0.05) is 19.1 Å². The highest BCUT2D eigenvalue weighted by Crippen LogP contribution is 2.37. The molecule has 1 saturated carbocycles. The Morgan fingerprint density at radius 2 is 2.00 bits per heavy atom. The molecule has 2 aliphatic rings. The minimum absolute atomic E-state index is 0.0237. The number of likely N-dealkylation sites (N-methyl/N-ethyl adjacent to an activating group) is 1. The lowest BCUT2D eigenvalue weighted by molar-refractivity contribution is -0.147. The Hall–Kier alpha value is -0.610. The molecular weight excluding hydrogens is 228 g/mol. The molecule has 0 spiro atoms. The fourth-order valence-electron chi connectivity index (χ4n) is 3.23. The van der Waals surface area contributed by atoms with Gasteiger partial charge in [-0.2, -0.15) is 0 Å². The summed E-state index contributed by atoms with van der Waals surface area (Å²) >= 11 is 0. The number of nitrogens with zero attached hydrogens (tertiary/aromatic N) is 2. The summed E-state index contributed by atoms with van der Waals surface area (Å²) in [6.45, 7) is 8.69. The molecule has 0 aromatic rings.